The molecule has 404 valence electrons. The number of nitrogens with zero attached hydrogens (tertiary/aromatic N) is 1. The quantitative estimate of drug-likeness (QED) is 0.0378. The monoisotopic (exact) mass is 1030 g/mol. The number of aromatic nitrogens is 1. The third kappa shape index (κ3) is 44.9. The van der Waals surface area contributed by atoms with E-state index in [9.17, 15) is 52.3 Å². The zero-order chi connectivity index (χ0) is 55.2. The number of benzene rings is 2. The summed E-state index contributed by atoms with van der Waals surface area (Å²) in [7, 11) is 0. The first kappa shape index (κ1) is 67.1. The molecule has 0 saturated carbocycles. The van der Waals surface area contributed by atoms with Crippen LogP contribution in [0.2, 0.25) is 0 Å². The van der Waals surface area contributed by atoms with E-state index < -0.39 is 85.8 Å². The molecular weight excluding hydrogens is 956 g/mol. The summed E-state index contributed by atoms with van der Waals surface area (Å²) in [6.45, 7) is 7.01. The molecule has 0 aliphatic carbocycles. The Bertz CT molecular complexity index is 2050. The van der Waals surface area contributed by atoms with Gasteiger partial charge in [-0.25, -0.2) is 14.6 Å². The van der Waals surface area contributed by atoms with Gasteiger partial charge in [-0.05, 0) is 64.5 Å². The van der Waals surface area contributed by atoms with Gasteiger partial charge in [-0.1, -0.05) is 105 Å². The number of hydrogen-bond acceptors (Lipinski definition) is 11. The van der Waals surface area contributed by atoms with Gasteiger partial charge in [0.25, 0.3) is 5.91 Å². The van der Waals surface area contributed by atoms with Crippen molar-refractivity contribution in [1.29, 1.82) is 0 Å². The van der Waals surface area contributed by atoms with Crippen molar-refractivity contribution >= 4 is 59.4 Å². The van der Waals surface area contributed by atoms with Crippen LogP contribution in [0.25, 0.3) is 0 Å². The highest BCUT2D eigenvalue weighted by molar-refractivity contribution is 5.96. The molecule has 0 fully saturated rings. The first-order valence-electron chi connectivity index (χ1n) is 23.6. The number of rotatable bonds is 27. The summed E-state index contributed by atoms with van der Waals surface area (Å²) >= 11 is 0. The largest absolute Gasteiger partial charge is 0.481 e. The van der Waals surface area contributed by atoms with Crippen LogP contribution in [0.15, 0.2) is 79.0 Å². The van der Waals surface area contributed by atoms with Crippen molar-refractivity contribution in [3.63, 3.8) is 0 Å². The van der Waals surface area contributed by atoms with Crippen LogP contribution in [-0.4, -0.2) is 130 Å². The molecule has 0 aliphatic rings. The van der Waals surface area contributed by atoms with E-state index in [1.807, 2.05) is 47.0 Å². The van der Waals surface area contributed by atoms with Crippen molar-refractivity contribution < 1.29 is 72.8 Å². The van der Waals surface area contributed by atoms with Crippen molar-refractivity contribution in [2.24, 2.45) is 0 Å². The number of carbonyl (C=O) groups is 10. The van der Waals surface area contributed by atoms with E-state index >= 15 is 0 Å². The van der Waals surface area contributed by atoms with Gasteiger partial charge in [0.15, 0.2) is 0 Å². The Morgan fingerprint density at radius 2 is 0.986 bits per heavy atom. The number of carboxylic acids is 4. The van der Waals surface area contributed by atoms with Crippen molar-refractivity contribution in [2.75, 3.05) is 39.3 Å². The van der Waals surface area contributed by atoms with Crippen LogP contribution in [0.3, 0.4) is 0 Å². The molecule has 22 nitrogen and oxygen atoms in total. The number of carboxylic acid groups (broad SMARTS) is 4. The second-order valence-corrected chi connectivity index (χ2v) is 15.6. The number of halogens is 1. The molecule has 3 aromatic rings. The number of unbranched alkanes of at least 4 members (excludes halogenated alkanes) is 5. The predicted octanol–water partition coefficient (Wildman–Crippen LogP) is 4.11. The Morgan fingerprint density at radius 1 is 0.521 bits per heavy atom. The van der Waals surface area contributed by atoms with Crippen LogP contribution < -0.4 is 37.2 Å². The van der Waals surface area contributed by atoms with Gasteiger partial charge < -0.3 is 57.6 Å². The smallest absolute Gasteiger partial charge is 0.326 e. The molecule has 1 heterocycles. The van der Waals surface area contributed by atoms with Gasteiger partial charge in [-0.3, -0.25) is 38.4 Å². The molecule has 3 rings (SSSR count). The van der Waals surface area contributed by atoms with Gasteiger partial charge in [0.2, 0.25) is 29.6 Å². The number of amides is 7. The minimum Gasteiger partial charge on any atom is -0.481 e. The molecule has 11 N–H and O–H groups in total. The summed E-state index contributed by atoms with van der Waals surface area (Å²) in [6, 6.07) is 20.7. The van der Waals surface area contributed by atoms with Crippen molar-refractivity contribution in [3.8, 4) is 0 Å². The van der Waals surface area contributed by atoms with E-state index in [-0.39, 0.29) is 30.2 Å². The highest BCUT2D eigenvalue weighted by Crippen LogP contribution is 2.06. The van der Waals surface area contributed by atoms with Crippen LogP contribution in [0.1, 0.15) is 112 Å². The predicted molar refractivity (Wildman–Crippen MR) is 269 cm³/mol. The molecule has 1 atom stereocenters. The molecule has 23 heteroatoms. The second kappa shape index (κ2) is 44.0. The second-order valence-electron chi connectivity index (χ2n) is 15.6. The molecule has 0 radical (unpaired) electrons. The summed E-state index contributed by atoms with van der Waals surface area (Å²) in [5, 5.41) is 50.1. The highest BCUT2D eigenvalue weighted by Gasteiger charge is 2.19. The lowest BCUT2D eigenvalue weighted by molar-refractivity contribution is -0.139. The zero-order valence-corrected chi connectivity index (χ0v) is 42.0. The van der Waals surface area contributed by atoms with Gasteiger partial charge >= 0.3 is 29.9 Å². The highest BCUT2D eigenvalue weighted by atomic mass is 19.1. The van der Waals surface area contributed by atoms with Gasteiger partial charge in [0.1, 0.15) is 19.1 Å². The maximum absolute atomic E-state index is 12.6. The number of urea groups is 1. The molecule has 0 spiro atoms. The molecule has 0 saturated heterocycles. The average Bonchev–Trinajstić information content (AvgIpc) is 3.35. The van der Waals surface area contributed by atoms with Gasteiger partial charge in [0, 0.05) is 38.5 Å². The van der Waals surface area contributed by atoms with Crippen LogP contribution in [0.5, 0.6) is 0 Å². The summed E-state index contributed by atoms with van der Waals surface area (Å²) in [6.07, 6.45) is 8.74. The first-order valence-corrected chi connectivity index (χ1v) is 23.6. The fourth-order valence-corrected chi connectivity index (χ4v) is 5.15. The maximum Gasteiger partial charge on any atom is 0.326 e. The lowest BCUT2D eigenvalue weighted by Gasteiger charge is -2.14. The van der Waals surface area contributed by atoms with Crippen LogP contribution >= 0.6 is 0 Å². The van der Waals surface area contributed by atoms with Crippen molar-refractivity contribution in [3.05, 3.63) is 102 Å². The number of pyridine rings is 1. The average molecular weight is 1030 g/mol. The Kier molecular flexibility index (Phi) is 40.4. The molecule has 1 aromatic heterocycles. The van der Waals surface area contributed by atoms with Crippen molar-refractivity contribution in [2.45, 2.75) is 111 Å². The third-order valence-corrected chi connectivity index (χ3v) is 9.12. The zero-order valence-electron chi connectivity index (χ0n) is 42.0. The lowest BCUT2D eigenvalue weighted by Crippen LogP contribution is -2.47. The minimum absolute atomic E-state index is 0.0664. The Morgan fingerprint density at radius 3 is 1.40 bits per heavy atom. The van der Waals surface area contributed by atoms with E-state index in [1.54, 1.807) is 6.92 Å². The van der Waals surface area contributed by atoms with Crippen LogP contribution in [0.4, 0.5) is 9.18 Å². The van der Waals surface area contributed by atoms with E-state index in [4.69, 9.17) is 20.4 Å². The number of carbonyl (C=O) groups excluding carboxylic acids is 6. The Hall–Kier alpha value is -7.98. The van der Waals surface area contributed by atoms with Gasteiger partial charge in [0.05, 0.1) is 18.7 Å². The van der Waals surface area contributed by atoms with E-state index in [1.165, 1.54) is 17.2 Å². The van der Waals surface area contributed by atoms with Crippen molar-refractivity contribution in [1.82, 2.24) is 42.2 Å². The van der Waals surface area contributed by atoms with Crippen LogP contribution in [-0.2, 0) is 38.4 Å². The number of aryl methyl sites for hydroxylation is 2. The Labute approximate surface area is 425 Å². The molecule has 73 heavy (non-hydrogen) atoms. The normalized spacial score (nSPS) is 10.0. The summed E-state index contributed by atoms with van der Waals surface area (Å²) in [5.74, 6) is -7.06. The van der Waals surface area contributed by atoms with Gasteiger partial charge in [-0.15, -0.1) is 0 Å². The fraction of sp³-hybridized carbons (Fsp3) is 0.460. The number of aliphatic carboxylic acids is 4. The molecule has 0 aliphatic heterocycles. The molecular formula is C50H73FN8O14. The number of hydrogen-bond donors (Lipinski definition) is 11. The minimum atomic E-state index is -1.23. The van der Waals surface area contributed by atoms with E-state index in [2.05, 4.69) is 76.6 Å². The van der Waals surface area contributed by atoms with Gasteiger partial charge in [-0.2, -0.15) is 4.39 Å². The molecule has 2 aromatic carbocycles. The Balaban J connectivity index is 0. The molecule has 7 amide bonds. The standard InChI is InChI=1S/C21H38N4O7.C12H13FN4O5.2C7H8.C3H6O2/c1-2-3-13-22-17(26)11-6-4-5-7-12-18(27)23-14-9-8-10-16(20(30)31)25-21(32)24-15-19(28)29;13-8-2-1-7(3-14-8)12(22)17-5-10(19)15-4-9(18)16-6-11(20)21;2*1-7-5-3-2-4-6-7;1-2-3(4)5/h16H,2-15H2,1H3,(H,22,26)(H,23,27)(H,28,29)(H,30,31)(H2,24,25,32);1-3H,4-6H2,(H,15,19)(H,16,18)(H,17,22)(H,20,21);2*2-6H,1H3;2H2,1H3,(H,4,5). The summed E-state index contributed by atoms with van der Waals surface area (Å²) < 4.78 is 12.6. The van der Waals surface area contributed by atoms with Crippen LogP contribution in [0, 0.1) is 19.8 Å². The molecule has 1 unspecified atom stereocenters. The SMILES string of the molecule is CCC(=O)O.CCCCNC(=O)CCCCCCC(=O)NCCCCC(NC(=O)NCC(=O)O)C(=O)O.Cc1ccccc1.Cc1ccccc1.O=C(O)CNC(=O)CNC(=O)CNC(=O)c1ccc(F)nc1. The third-order valence-electron chi connectivity index (χ3n) is 9.12. The lowest BCUT2D eigenvalue weighted by atomic mass is 10.1. The number of nitrogens with one attached hydrogen (secondary N) is 7. The summed E-state index contributed by atoms with van der Waals surface area (Å²) in [5.41, 5.74) is 2.72. The molecule has 0 bridgehead atoms. The fourth-order valence-electron chi connectivity index (χ4n) is 5.15. The topological polar surface area (TPSA) is 349 Å². The van der Waals surface area contributed by atoms with E-state index in [0.717, 1.165) is 57.3 Å². The van der Waals surface area contributed by atoms with E-state index in [0.29, 0.717) is 32.2 Å². The maximum atomic E-state index is 12.6. The first-order chi connectivity index (χ1) is 34.7. The summed E-state index contributed by atoms with van der Waals surface area (Å²) in [4.78, 5) is 113.